The lowest BCUT2D eigenvalue weighted by Gasteiger charge is -2.31. The highest BCUT2D eigenvalue weighted by molar-refractivity contribution is 5.97. The van der Waals surface area contributed by atoms with Crippen LogP contribution < -0.4 is 10.2 Å². The number of amides is 1. The molecule has 1 amide bonds. The molecule has 1 saturated heterocycles. The first-order chi connectivity index (χ1) is 16.7. The number of esters is 2. The number of hydrogen-bond acceptors (Lipinski definition) is 7. The van der Waals surface area contributed by atoms with Gasteiger partial charge in [0.05, 0.1) is 42.8 Å². The number of alkyl halides is 3. The lowest BCUT2D eigenvalue weighted by Crippen LogP contribution is -2.37. The van der Waals surface area contributed by atoms with E-state index in [-0.39, 0.29) is 5.69 Å². The highest BCUT2D eigenvalue weighted by atomic mass is 19.4. The van der Waals surface area contributed by atoms with Crippen LogP contribution in [0.15, 0.2) is 48.5 Å². The number of nitrogens with zero attached hydrogens (tertiary/aromatic N) is 1. The third-order valence-electron chi connectivity index (χ3n) is 5.04. The summed E-state index contributed by atoms with van der Waals surface area (Å²) in [5, 5.41) is 2.41. The SMILES string of the molecule is COC(=O)c1ccc(C=CC(=O)OCC(=O)Nc2cc(C(F)(F)F)ccc2N2CCOCC2)cc1. The second kappa shape index (κ2) is 11.5. The van der Waals surface area contributed by atoms with Gasteiger partial charge in [-0.25, -0.2) is 9.59 Å². The third kappa shape index (κ3) is 7.31. The molecule has 2 aromatic rings. The first-order valence-electron chi connectivity index (χ1n) is 10.5. The molecule has 0 aliphatic carbocycles. The Morgan fingerprint density at radius 1 is 1.09 bits per heavy atom. The number of hydrogen-bond donors (Lipinski definition) is 1. The van der Waals surface area contributed by atoms with Crippen LogP contribution in [0.4, 0.5) is 24.5 Å². The van der Waals surface area contributed by atoms with Crippen molar-refractivity contribution in [2.24, 2.45) is 0 Å². The Hall–Kier alpha value is -3.86. The molecule has 0 aromatic heterocycles. The number of carbonyl (C=O) groups excluding carboxylic acids is 3. The Morgan fingerprint density at radius 3 is 2.40 bits per heavy atom. The Bertz CT molecular complexity index is 1090. The molecule has 0 atom stereocenters. The summed E-state index contributed by atoms with van der Waals surface area (Å²) in [5.74, 6) is -2.11. The Kier molecular flexibility index (Phi) is 8.48. The third-order valence-corrected chi connectivity index (χ3v) is 5.04. The summed E-state index contributed by atoms with van der Waals surface area (Å²) in [7, 11) is 1.26. The molecule has 1 aliphatic rings. The van der Waals surface area contributed by atoms with Crippen molar-refractivity contribution in [2.45, 2.75) is 6.18 Å². The molecule has 1 aliphatic heterocycles. The van der Waals surface area contributed by atoms with Crippen LogP contribution in [0, 0.1) is 0 Å². The summed E-state index contributed by atoms with van der Waals surface area (Å²) < 4.78 is 54.3. The summed E-state index contributed by atoms with van der Waals surface area (Å²) in [6, 6.07) is 9.30. The van der Waals surface area contributed by atoms with Gasteiger partial charge in [-0.15, -0.1) is 0 Å². The molecule has 0 unspecified atom stereocenters. The predicted molar refractivity (Wildman–Crippen MR) is 121 cm³/mol. The van der Waals surface area contributed by atoms with Crippen LogP contribution in [0.3, 0.4) is 0 Å². The fourth-order valence-electron chi connectivity index (χ4n) is 3.28. The van der Waals surface area contributed by atoms with Gasteiger partial charge >= 0.3 is 18.1 Å². The fourth-order valence-corrected chi connectivity index (χ4v) is 3.28. The van der Waals surface area contributed by atoms with Gasteiger partial charge in [0.2, 0.25) is 0 Å². The van der Waals surface area contributed by atoms with E-state index in [1.54, 1.807) is 17.0 Å². The predicted octanol–water partition coefficient (Wildman–Crippen LogP) is 3.52. The summed E-state index contributed by atoms with van der Waals surface area (Å²) >= 11 is 0. The van der Waals surface area contributed by atoms with Crippen molar-refractivity contribution in [3.05, 3.63) is 65.2 Å². The second-order valence-corrected chi connectivity index (χ2v) is 7.43. The zero-order valence-corrected chi connectivity index (χ0v) is 18.8. The highest BCUT2D eigenvalue weighted by Gasteiger charge is 2.32. The van der Waals surface area contributed by atoms with Crippen molar-refractivity contribution in [3.8, 4) is 0 Å². The maximum absolute atomic E-state index is 13.2. The van der Waals surface area contributed by atoms with Gasteiger partial charge in [-0.05, 0) is 42.0 Å². The van der Waals surface area contributed by atoms with Crippen molar-refractivity contribution >= 4 is 35.3 Å². The van der Waals surface area contributed by atoms with E-state index < -0.39 is 36.2 Å². The molecule has 8 nitrogen and oxygen atoms in total. The number of halogens is 3. The minimum absolute atomic E-state index is 0.0380. The number of nitrogens with one attached hydrogen (secondary N) is 1. The number of methoxy groups -OCH3 is 1. The minimum Gasteiger partial charge on any atom is -0.465 e. The van der Waals surface area contributed by atoms with Crippen LogP contribution in [0.5, 0.6) is 0 Å². The van der Waals surface area contributed by atoms with Crippen LogP contribution in [-0.4, -0.2) is 57.9 Å². The van der Waals surface area contributed by atoms with E-state index in [1.807, 2.05) is 0 Å². The van der Waals surface area contributed by atoms with Gasteiger partial charge in [0.25, 0.3) is 5.91 Å². The van der Waals surface area contributed by atoms with Gasteiger partial charge in [0.15, 0.2) is 6.61 Å². The Labute approximate surface area is 199 Å². The van der Waals surface area contributed by atoms with Crippen molar-refractivity contribution in [1.29, 1.82) is 0 Å². The Balaban J connectivity index is 1.61. The average molecular weight is 492 g/mol. The standard InChI is InChI=1S/C24H23F3N2O6/c1-33-23(32)17-5-2-16(3-6-17)4-9-22(31)35-15-21(30)28-19-14-18(24(25,26)27)7-8-20(19)29-10-12-34-13-11-29/h2-9,14H,10-13,15H2,1H3,(H,28,30). The average Bonchev–Trinajstić information content (AvgIpc) is 2.86. The maximum atomic E-state index is 13.2. The molecule has 3 rings (SSSR count). The number of ether oxygens (including phenoxy) is 3. The summed E-state index contributed by atoms with van der Waals surface area (Å²) in [6.07, 6.45) is -2.08. The smallest absolute Gasteiger partial charge is 0.416 e. The first-order valence-corrected chi connectivity index (χ1v) is 10.5. The van der Waals surface area contributed by atoms with Gasteiger partial charge in [0, 0.05) is 19.2 Å². The molecule has 0 spiro atoms. The van der Waals surface area contributed by atoms with Gasteiger partial charge < -0.3 is 24.4 Å². The molecule has 186 valence electrons. The minimum atomic E-state index is -4.59. The van der Waals surface area contributed by atoms with Crippen LogP contribution in [0.2, 0.25) is 0 Å². The number of anilines is 2. The van der Waals surface area contributed by atoms with Crippen molar-refractivity contribution in [3.63, 3.8) is 0 Å². The molecule has 0 saturated carbocycles. The largest absolute Gasteiger partial charge is 0.465 e. The fraction of sp³-hybridized carbons (Fsp3) is 0.292. The van der Waals surface area contributed by atoms with E-state index in [4.69, 9.17) is 9.47 Å². The van der Waals surface area contributed by atoms with Crippen LogP contribution >= 0.6 is 0 Å². The second-order valence-electron chi connectivity index (χ2n) is 7.43. The van der Waals surface area contributed by atoms with Crippen LogP contribution in [0.1, 0.15) is 21.5 Å². The van der Waals surface area contributed by atoms with Crippen LogP contribution in [-0.2, 0) is 30.0 Å². The van der Waals surface area contributed by atoms with E-state index in [2.05, 4.69) is 10.1 Å². The molecule has 1 N–H and O–H groups in total. The first kappa shape index (κ1) is 25.8. The molecule has 2 aromatic carbocycles. The maximum Gasteiger partial charge on any atom is 0.416 e. The zero-order chi connectivity index (χ0) is 25.4. The molecule has 1 fully saturated rings. The number of carbonyl (C=O) groups is 3. The highest BCUT2D eigenvalue weighted by Crippen LogP contribution is 2.35. The molecule has 0 radical (unpaired) electrons. The number of benzene rings is 2. The molecule has 0 bridgehead atoms. The topological polar surface area (TPSA) is 94.2 Å². The van der Waals surface area contributed by atoms with Crippen molar-refractivity contribution in [1.82, 2.24) is 0 Å². The number of rotatable bonds is 7. The van der Waals surface area contributed by atoms with Crippen LogP contribution in [0.25, 0.3) is 6.08 Å². The van der Waals surface area contributed by atoms with E-state index in [0.717, 1.165) is 18.2 Å². The lowest BCUT2D eigenvalue weighted by molar-refractivity contribution is -0.142. The lowest BCUT2D eigenvalue weighted by atomic mass is 10.1. The zero-order valence-electron chi connectivity index (χ0n) is 18.8. The van der Waals surface area contributed by atoms with Gasteiger partial charge in [-0.3, -0.25) is 4.79 Å². The van der Waals surface area contributed by atoms with E-state index in [0.29, 0.717) is 43.1 Å². The normalized spacial score (nSPS) is 14.0. The molecular formula is C24H23F3N2O6. The van der Waals surface area contributed by atoms with E-state index >= 15 is 0 Å². The quantitative estimate of drug-likeness (QED) is 0.467. The van der Waals surface area contributed by atoms with Gasteiger partial charge in [-0.1, -0.05) is 12.1 Å². The van der Waals surface area contributed by atoms with Crippen molar-refractivity contribution in [2.75, 3.05) is 50.2 Å². The molecular weight excluding hydrogens is 469 g/mol. The molecule has 35 heavy (non-hydrogen) atoms. The van der Waals surface area contributed by atoms with E-state index in [9.17, 15) is 27.6 Å². The van der Waals surface area contributed by atoms with Crippen molar-refractivity contribution < 1.29 is 41.8 Å². The summed E-state index contributed by atoms with van der Waals surface area (Å²) in [6.45, 7) is 1.03. The Morgan fingerprint density at radius 2 is 1.77 bits per heavy atom. The molecule has 1 heterocycles. The number of morpholine rings is 1. The summed E-state index contributed by atoms with van der Waals surface area (Å²) in [5.41, 5.74) is 0.399. The monoisotopic (exact) mass is 492 g/mol. The summed E-state index contributed by atoms with van der Waals surface area (Å²) in [4.78, 5) is 37.5. The van der Waals surface area contributed by atoms with E-state index in [1.165, 1.54) is 31.4 Å². The molecule has 11 heteroatoms. The van der Waals surface area contributed by atoms with Gasteiger partial charge in [-0.2, -0.15) is 13.2 Å². The van der Waals surface area contributed by atoms with Gasteiger partial charge in [0.1, 0.15) is 0 Å².